The van der Waals surface area contributed by atoms with Gasteiger partial charge in [0.1, 0.15) is 11.8 Å². The van der Waals surface area contributed by atoms with Crippen LogP contribution in [-0.2, 0) is 36.2 Å². The average Bonchev–Trinajstić information content (AvgIpc) is 3.90. The Morgan fingerprint density at radius 2 is 1.68 bits per heavy atom. The summed E-state index contributed by atoms with van der Waals surface area (Å²) in [6.45, 7) is 11.4. The molecule has 0 radical (unpaired) electrons. The molecule has 2 aromatic carbocycles. The van der Waals surface area contributed by atoms with Gasteiger partial charge in [-0.3, -0.25) is 14.4 Å². The lowest BCUT2D eigenvalue weighted by Crippen LogP contribution is -2.49. The Kier molecular flexibility index (Phi) is 18.9. The van der Waals surface area contributed by atoms with Crippen molar-refractivity contribution in [2.75, 3.05) is 13.7 Å². The summed E-state index contributed by atoms with van der Waals surface area (Å²) in [7, 11) is 2.40. The van der Waals surface area contributed by atoms with E-state index >= 15 is 0 Å². The quantitative estimate of drug-likeness (QED) is 0.0580. The topological polar surface area (TPSA) is 131 Å². The summed E-state index contributed by atoms with van der Waals surface area (Å²) in [4.78, 5) is 50.4. The van der Waals surface area contributed by atoms with E-state index in [4.69, 9.17) is 32.7 Å². The smallest absolute Gasteiger partial charge is 0.345 e. The average molecular weight is 752 g/mol. The van der Waals surface area contributed by atoms with Crippen molar-refractivity contribution in [3.8, 4) is 5.75 Å². The third kappa shape index (κ3) is 14.2. The number of hydrogen-bond acceptors (Lipinski definition) is 6. The number of carboxylic acids is 1. The fraction of sp³-hybridized carbons (Fsp3) is 0.526. The van der Waals surface area contributed by atoms with Crippen molar-refractivity contribution >= 4 is 55.5 Å². The first-order valence-electron chi connectivity index (χ1n) is 17.2. The molecule has 12 heteroatoms. The zero-order chi connectivity index (χ0) is 37.4. The van der Waals surface area contributed by atoms with Crippen molar-refractivity contribution in [2.45, 2.75) is 96.6 Å². The molecule has 0 bridgehead atoms. The summed E-state index contributed by atoms with van der Waals surface area (Å²) in [5, 5.41) is 15.3. The van der Waals surface area contributed by atoms with Gasteiger partial charge in [-0.25, -0.2) is 4.79 Å². The number of nitrogens with one attached hydrogen (secondary N) is 2. The third-order valence-corrected chi connectivity index (χ3v) is 10.8. The number of esters is 1. The van der Waals surface area contributed by atoms with E-state index in [1.54, 1.807) is 25.1 Å². The lowest BCUT2D eigenvalue weighted by molar-refractivity contribution is -0.167. The van der Waals surface area contributed by atoms with E-state index in [2.05, 4.69) is 41.8 Å². The van der Waals surface area contributed by atoms with Crippen LogP contribution in [0.5, 0.6) is 5.75 Å². The Bertz CT molecular complexity index is 1440. The molecule has 0 aliphatic carbocycles. The fourth-order valence-electron chi connectivity index (χ4n) is 5.34. The molecule has 1 fully saturated rings. The molecule has 7 atom stereocenters. The normalized spacial score (nSPS) is 18.0. The molecule has 1 aliphatic heterocycles. The Morgan fingerprint density at radius 1 is 1.02 bits per heavy atom. The number of allylic oxidation sites excluding steroid dienone is 1. The molecule has 50 heavy (non-hydrogen) atoms. The van der Waals surface area contributed by atoms with E-state index in [9.17, 15) is 24.3 Å². The molecular formula is C38H53Cl2N2O7P. The van der Waals surface area contributed by atoms with Gasteiger partial charge < -0.3 is 25.2 Å². The number of alkyl halides is 1. The molecule has 3 N–H and O–H groups in total. The molecule has 2 amide bonds. The van der Waals surface area contributed by atoms with E-state index < -0.39 is 41.8 Å². The maximum Gasteiger partial charge on any atom is 0.345 e. The number of rotatable bonds is 19. The van der Waals surface area contributed by atoms with Gasteiger partial charge in [-0.05, 0) is 71.7 Å². The molecule has 9 nitrogen and oxygen atoms in total. The number of aliphatic carboxylic acids is 1. The number of amides is 2. The highest BCUT2D eigenvalue weighted by molar-refractivity contribution is 7.48. The Hall–Kier alpha value is -3.13. The van der Waals surface area contributed by atoms with Crippen LogP contribution in [0.25, 0.3) is 0 Å². The molecule has 3 rings (SSSR count). The van der Waals surface area contributed by atoms with Crippen LogP contribution in [-0.4, -0.2) is 60.3 Å². The largest absolute Gasteiger partial charge is 0.495 e. The van der Waals surface area contributed by atoms with Crippen LogP contribution in [0.15, 0.2) is 54.6 Å². The second-order valence-electron chi connectivity index (χ2n) is 12.8. The van der Waals surface area contributed by atoms with Crippen molar-refractivity contribution in [1.82, 2.24) is 10.6 Å². The highest BCUT2D eigenvalue weighted by atomic mass is 35.5. The van der Waals surface area contributed by atoms with Crippen LogP contribution in [0.1, 0.15) is 83.2 Å². The van der Waals surface area contributed by atoms with E-state index in [0.717, 1.165) is 27.0 Å². The van der Waals surface area contributed by atoms with Gasteiger partial charge in [-0.2, -0.15) is 0 Å². The zero-order valence-electron chi connectivity index (χ0n) is 30.1. The van der Waals surface area contributed by atoms with Crippen molar-refractivity contribution < 1.29 is 33.8 Å². The number of carbonyl (C=O) groups is 4. The number of halogens is 2. The maximum absolute atomic E-state index is 13.3. The van der Waals surface area contributed by atoms with Crippen molar-refractivity contribution in [3.05, 3.63) is 76.3 Å². The van der Waals surface area contributed by atoms with E-state index in [0.29, 0.717) is 39.5 Å². The molecule has 2 unspecified atom stereocenters. The molecule has 0 spiro atoms. The van der Waals surface area contributed by atoms with Crippen LogP contribution in [0.4, 0.5) is 0 Å². The summed E-state index contributed by atoms with van der Waals surface area (Å²) in [5.74, 6) is -2.17. The summed E-state index contributed by atoms with van der Waals surface area (Å²) < 4.78 is 10.4. The van der Waals surface area contributed by atoms with E-state index in [1.165, 1.54) is 18.7 Å². The van der Waals surface area contributed by atoms with Crippen molar-refractivity contribution in [1.29, 1.82) is 0 Å². The van der Waals surface area contributed by atoms with Gasteiger partial charge in [0, 0.05) is 24.5 Å². The van der Waals surface area contributed by atoms with Crippen LogP contribution >= 0.6 is 31.8 Å². The minimum atomic E-state index is -1.27. The van der Waals surface area contributed by atoms with Gasteiger partial charge in [-0.15, -0.1) is 20.2 Å². The predicted molar refractivity (Wildman–Crippen MR) is 203 cm³/mol. The highest BCUT2D eigenvalue weighted by Gasteiger charge is 2.41. The monoisotopic (exact) mass is 750 g/mol. The van der Waals surface area contributed by atoms with E-state index in [-0.39, 0.29) is 25.3 Å². The molecule has 276 valence electrons. The van der Waals surface area contributed by atoms with Gasteiger partial charge in [0.05, 0.1) is 18.1 Å². The zero-order valence-corrected chi connectivity index (χ0v) is 32.6. The number of methoxy groups -OCH3 is 1. The summed E-state index contributed by atoms with van der Waals surface area (Å²) >= 11 is 12.2. The second kappa shape index (κ2) is 21.9. The Morgan fingerprint density at radius 3 is 2.26 bits per heavy atom. The number of carbonyl (C=O) groups excluding carboxylic acids is 3. The van der Waals surface area contributed by atoms with Crippen LogP contribution < -0.4 is 15.4 Å². The first-order chi connectivity index (χ1) is 23.8. The summed E-state index contributed by atoms with van der Waals surface area (Å²) in [5.41, 5.74) is 4.40. The van der Waals surface area contributed by atoms with E-state index in [1.807, 2.05) is 33.8 Å². The second-order valence-corrected chi connectivity index (χ2v) is 15.1. The summed E-state index contributed by atoms with van der Waals surface area (Å²) in [6, 6.07) is 12.7. The number of benzene rings is 2. The van der Waals surface area contributed by atoms with Crippen LogP contribution in [0.3, 0.4) is 0 Å². The van der Waals surface area contributed by atoms with Gasteiger partial charge in [-0.1, -0.05) is 89.6 Å². The fourth-order valence-corrected chi connectivity index (χ4v) is 7.50. The first-order valence-corrected chi connectivity index (χ1v) is 19.3. The number of ether oxygens (including phenoxy) is 2. The SMILES string of the molecule is CC.COc1ccc(C[C@@H](NC(=O)/C=C/CC[C@H](C)C2P[C@@H]2c2ccc(CCl)cc2)C(=O)NC[C@@H](C)C(=O)O[C@@H](CC(C)C)C(=O)O)cc1Cl. The molecule has 1 saturated heterocycles. The van der Waals surface area contributed by atoms with Crippen LogP contribution in [0, 0.1) is 17.8 Å². The van der Waals surface area contributed by atoms with Crippen LogP contribution in [0.2, 0.25) is 5.02 Å². The third-order valence-electron chi connectivity index (χ3n) is 8.28. The Labute approximate surface area is 309 Å². The maximum atomic E-state index is 13.3. The number of carboxylic acid groups (broad SMARTS) is 1. The highest BCUT2D eigenvalue weighted by Crippen LogP contribution is 2.65. The molecule has 1 heterocycles. The molecule has 2 aromatic rings. The minimum Gasteiger partial charge on any atom is -0.495 e. The van der Waals surface area contributed by atoms with Gasteiger partial charge >= 0.3 is 11.9 Å². The molecule has 0 aromatic heterocycles. The number of hydrogen-bond donors (Lipinski definition) is 3. The van der Waals surface area contributed by atoms with Crippen molar-refractivity contribution in [3.63, 3.8) is 0 Å². The standard InChI is InChI=1S/C36H47Cl2N2O7P.C2H6/c1-21(2)16-30(35(43)44)47-36(45)23(4)20-39-34(42)28(18-25-12-15-29(46-5)27(38)17-25)40-31(41)9-7-6-8-22(3)32-33(48-32)26-13-10-24(19-37)11-14-26;1-2/h7,9-15,17,21-23,28,30,32-33,48H,6,8,16,18-20H2,1-5H3,(H,39,42)(H,40,41)(H,43,44);1-2H3/b9-7+;/t22-,23+,28+,30-,32?,33+;/m0./s1. The Balaban J connectivity index is 0.00000425. The summed E-state index contributed by atoms with van der Waals surface area (Å²) in [6.07, 6.45) is 4.00. The first kappa shape index (κ1) is 43.0. The lowest BCUT2D eigenvalue weighted by atomic mass is 9.96. The molecule has 1 aliphatic rings. The molecular weight excluding hydrogens is 698 g/mol. The van der Waals surface area contributed by atoms with Gasteiger partial charge in [0.25, 0.3) is 0 Å². The van der Waals surface area contributed by atoms with Gasteiger partial charge in [0.15, 0.2) is 6.10 Å². The van der Waals surface area contributed by atoms with Gasteiger partial charge in [0.2, 0.25) is 11.8 Å². The minimum absolute atomic E-state index is 0.0123. The van der Waals surface area contributed by atoms with Crippen molar-refractivity contribution in [2.24, 2.45) is 17.8 Å². The molecule has 0 saturated carbocycles. The lowest BCUT2D eigenvalue weighted by Gasteiger charge is -2.21. The predicted octanol–water partition coefficient (Wildman–Crippen LogP) is 7.71.